The van der Waals surface area contributed by atoms with Crippen molar-refractivity contribution in [1.82, 2.24) is 20.1 Å². The van der Waals surface area contributed by atoms with Crippen LogP contribution >= 0.6 is 35.4 Å². The third kappa shape index (κ3) is 3.94. The SMILES string of the molecule is CCn1c(C(NC(=O)c2ccc(Cl)c(Cl)c2)C(C)C)n[nH]c1=S. The van der Waals surface area contributed by atoms with E-state index in [2.05, 4.69) is 15.5 Å². The highest BCUT2D eigenvalue weighted by atomic mass is 35.5. The molecule has 2 N–H and O–H groups in total. The number of aromatic amines is 1. The van der Waals surface area contributed by atoms with Crippen LogP contribution in [0.15, 0.2) is 18.2 Å². The molecule has 0 aliphatic carbocycles. The van der Waals surface area contributed by atoms with Gasteiger partial charge < -0.3 is 9.88 Å². The smallest absolute Gasteiger partial charge is 0.251 e. The predicted octanol–water partition coefficient (Wildman–Crippen LogP) is 4.39. The summed E-state index contributed by atoms with van der Waals surface area (Å²) in [4.78, 5) is 12.5. The molecule has 23 heavy (non-hydrogen) atoms. The zero-order valence-corrected chi connectivity index (χ0v) is 15.4. The number of halogens is 2. The van der Waals surface area contributed by atoms with Gasteiger partial charge in [-0.3, -0.25) is 9.89 Å². The zero-order chi connectivity index (χ0) is 17.1. The Balaban J connectivity index is 2.30. The molecule has 0 saturated carbocycles. The van der Waals surface area contributed by atoms with Crippen LogP contribution in [0.2, 0.25) is 10.0 Å². The molecule has 5 nitrogen and oxygen atoms in total. The molecule has 8 heteroatoms. The summed E-state index contributed by atoms with van der Waals surface area (Å²) < 4.78 is 2.41. The number of amides is 1. The van der Waals surface area contributed by atoms with Gasteiger partial charge in [0.2, 0.25) is 0 Å². The fourth-order valence-electron chi connectivity index (χ4n) is 2.26. The van der Waals surface area contributed by atoms with Crippen molar-refractivity contribution in [3.8, 4) is 0 Å². The van der Waals surface area contributed by atoms with Gasteiger partial charge in [0.15, 0.2) is 10.6 Å². The van der Waals surface area contributed by atoms with Crippen molar-refractivity contribution < 1.29 is 4.79 Å². The van der Waals surface area contributed by atoms with E-state index in [1.54, 1.807) is 18.2 Å². The molecule has 0 saturated heterocycles. The van der Waals surface area contributed by atoms with Crippen LogP contribution in [0, 0.1) is 10.7 Å². The monoisotopic (exact) mass is 372 g/mol. The van der Waals surface area contributed by atoms with Crippen molar-refractivity contribution in [2.45, 2.75) is 33.4 Å². The van der Waals surface area contributed by atoms with Gasteiger partial charge in [0.1, 0.15) is 0 Å². The molecule has 1 unspecified atom stereocenters. The Morgan fingerprint density at radius 3 is 2.65 bits per heavy atom. The average Bonchev–Trinajstić information content (AvgIpc) is 2.87. The minimum Gasteiger partial charge on any atom is -0.342 e. The summed E-state index contributed by atoms with van der Waals surface area (Å²) in [5.41, 5.74) is 0.447. The summed E-state index contributed by atoms with van der Waals surface area (Å²) in [7, 11) is 0. The summed E-state index contributed by atoms with van der Waals surface area (Å²) in [5.74, 6) is 0.608. The van der Waals surface area contributed by atoms with E-state index in [9.17, 15) is 4.79 Å². The van der Waals surface area contributed by atoms with Crippen molar-refractivity contribution in [3.63, 3.8) is 0 Å². The molecular weight excluding hydrogens is 355 g/mol. The van der Waals surface area contributed by atoms with Crippen molar-refractivity contribution in [2.24, 2.45) is 5.92 Å². The number of hydrogen-bond donors (Lipinski definition) is 2. The quantitative estimate of drug-likeness (QED) is 0.764. The molecule has 124 valence electrons. The molecule has 0 spiro atoms. The molecule has 1 aromatic heterocycles. The Labute approximate surface area is 150 Å². The second-order valence-corrected chi connectivity index (χ2v) is 6.66. The average molecular weight is 373 g/mol. The minimum atomic E-state index is -0.273. The number of aromatic nitrogens is 3. The summed E-state index contributed by atoms with van der Waals surface area (Å²) in [5, 5.41) is 10.8. The number of benzene rings is 1. The molecule has 1 amide bonds. The Morgan fingerprint density at radius 1 is 1.39 bits per heavy atom. The van der Waals surface area contributed by atoms with E-state index in [1.807, 2.05) is 25.3 Å². The van der Waals surface area contributed by atoms with Gasteiger partial charge in [-0.1, -0.05) is 37.0 Å². The van der Waals surface area contributed by atoms with Crippen LogP contribution in [-0.2, 0) is 6.54 Å². The number of H-pyrrole nitrogens is 1. The Kier molecular flexibility index (Phi) is 5.84. The third-order valence-corrected chi connectivity index (χ3v) is 4.57. The second-order valence-electron chi connectivity index (χ2n) is 5.46. The summed E-state index contributed by atoms with van der Waals surface area (Å²) in [6.07, 6.45) is 0. The molecule has 2 aromatic rings. The fraction of sp³-hybridized carbons (Fsp3) is 0.400. The van der Waals surface area contributed by atoms with Gasteiger partial charge in [-0.2, -0.15) is 5.10 Å². The minimum absolute atomic E-state index is 0.136. The van der Waals surface area contributed by atoms with E-state index < -0.39 is 0 Å². The Morgan fingerprint density at radius 2 is 2.09 bits per heavy atom. The summed E-state index contributed by atoms with van der Waals surface area (Å²) in [6.45, 7) is 6.68. The third-order valence-electron chi connectivity index (χ3n) is 3.52. The maximum absolute atomic E-state index is 12.5. The summed E-state index contributed by atoms with van der Waals surface area (Å²) in [6, 6.07) is 4.52. The largest absolute Gasteiger partial charge is 0.342 e. The van der Waals surface area contributed by atoms with Crippen molar-refractivity contribution >= 4 is 41.3 Å². The van der Waals surface area contributed by atoms with Gasteiger partial charge >= 0.3 is 0 Å². The number of nitrogens with one attached hydrogen (secondary N) is 2. The molecular formula is C15H18Cl2N4OS. The fourth-order valence-corrected chi connectivity index (χ4v) is 2.83. The highest BCUT2D eigenvalue weighted by Gasteiger charge is 2.24. The molecule has 0 bridgehead atoms. The van der Waals surface area contributed by atoms with Gasteiger partial charge in [0, 0.05) is 12.1 Å². The van der Waals surface area contributed by atoms with Crippen LogP contribution in [-0.4, -0.2) is 20.7 Å². The molecule has 0 radical (unpaired) electrons. The van der Waals surface area contributed by atoms with E-state index in [1.165, 1.54) is 0 Å². The lowest BCUT2D eigenvalue weighted by Crippen LogP contribution is -2.33. The number of rotatable bonds is 5. The van der Waals surface area contributed by atoms with E-state index >= 15 is 0 Å². The van der Waals surface area contributed by atoms with Crippen LogP contribution < -0.4 is 5.32 Å². The van der Waals surface area contributed by atoms with Gasteiger partial charge in [-0.15, -0.1) is 0 Å². The van der Waals surface area contributed by atoms with Crippen molar-refractivity contribution in [2.75, 3.05) is 0 Å². The van der Waals surface area contributed by atoms with Crippen LogP contribution in [0.3, 0.4) is 0 Å². The lowest BCUT2D eigenvalue weighted by Gasteiger charge is -2.22. The second kappa shape index (κ2) is 7.47. The van der Waals surface area contributed by atoms with Crippen molar-refractivity contribution in [3.05, 3.63) is 44.4 Å². The standard InChI is InChI=1S/C15H18Cl2N4OS/c1-4-21-13(19-20-15(21)23)12(8(2)3)18-14(22)9-5-6-10(16)11(17)7-9/h5-8,12H,4H2,1-3H3,(H,18,22)(H,20,23). The molecule has 0 aliphatic rings. The van der Waals surface area contributed by atoms with Gasteiger partial charge in [-0.25, -0.2) is 0 Å². The molecule has 0 fully saturated rings. The van der Waals surface area contributed by atoms with E-state index in [4.69, 9.17) is 35.4 Å². The van der Waals surface area contributed by atoms with Crippen LogP contribution in [0.5, 0.6) is 0 Å². The van der Waals surface area contributed by atoms with Crippen LogP contribution in [0.4, 0.5) is 0 Å². The predicted molar refractivity (Wildman–Crippen MR) is 94.6 cm³/mol. The molecule has 1 aromatic carbocycles. The topological polar surface area (TPSA) is 62.7 Å². The maximum Gasteiger partial charge on any atom is 0.251 e. The number of nitrogens with zero attached hydrogens (tertiary/aromatic N) is 2. The Hall–Kier alpha value is -1.37. The van der Waals surface area contributed by atoms with Crippen molar-refractivity contribution in [1.29, 1.82) is 0 Å². The highest BCUT2D eigenvalue weighted by molar-refractivity contribution is 7.71. The number of hydrogen-bond acceptors (Lipinski definition) is 3. The van der Waals surface area contributed by atoms with E-state index in [0.29, 0.717) is 32.7 Å². The highest BCUT2D eigenvalue weighted by Crippen LogP contribution is 2.24. The van der Waals surface area contributed by atoms with Gasteiger partial charge in [0.25, 0.3) is 5.91 Å². The molecule has 0 aliphatic heterocycles. The van der Waals surface area contributed by atoms with E-state index in [-0.39, 0.29) is 17.9 Å². The van der Waals surface area contributed by atoms with Gasteiger partial charge in [0.05, 0.1) is 16.1 Å². The normalized spacial score (nSPS) is 12.4. The maximum atomic E-state index is 12.5. The zero-order valence-electron chi connectivity index (χ0n) is 13.1. The number of carbonyl (C=O) groups is 1. The molecule has 2 rings (SSSR count). The van der Waals surface area contributed by atoms with Crippen LogP contribution in [0.25, 0.3) is 0 Å². The lowest BCUT2D eigenvalue weighted by atomic mass is 10.0. The van der Waals surface area contributed by atoms with Crippen LogP contribution in [0.1, 0.15) is 43.0 Å². The first-order valence-corrected chi connectivity index (χ1v) is 8.42. The first-order chi connectivity index (χ1) is 10.8. The molecule has 1 heterocycles. The molecule has 1 atom stereocenters. The lowest BCUT2D eigenvalue weighted by molar-refractivity contribution is 0.0922. The number of carbonyl (C=O) groups excluding carboxylic acids is 1. The summed E-state index contributed by atoms with van der Waals surface area (Å²) >= 11 is 17.1. The first kappa shape index (κ1) is 18.0. The first-order valence-electron chi connectivity index (χ1n) is 7.26. The Bertz CT molecular complexity index is 769. The van der Waals surface area contributed by atoms with E-state index in [0.717, 1.165) is 0 Å². The van der Waals surface area contributed by atoms with Gasteiger partial charge in [-0.05, 0) is 43.3 Å².